The largest absolute Gasteiger partial charge is 0.381 e. The van der Waals surface area contributed by atoms with Gasteiger partial charge in [-0.3, -0.25) is 0 Å². The van der Waals surface area contributed by atoms with Gasteiger partial charge in [-0.1, -0.05) is 13.8 Å². The van der Waals surface area contributed by atoms with Gasteiger partial charge in [-0.25, -0.2) is 4.98 Å². The van der Waals surface area contributed by atoms with Crippen molar-refractivity contribution in [2.24, 2.45) is 5.92 Å². The topological polar surface area (TPSA) is 27.1 Å². The fraction of sp³-hybridized carbons (Fsp3) is 0.727. The van der Waals surface area contributed by atoms with Gasteiger partial charge in [-0.2, -0.15) is 0 Å². The van der Waals surface area contributed by atoms with E-state index in [2.05, 4.69) is 23.4 Å². The predicted molar refractivity (Wildman–Crippen MR) is 62.1 cm³/mol. The molecule has 0 aliphatic carbocycles. The Morgan fingerprint density at radius 3 is 3.00 bits per heavy atom. The van der Waals surface area contributed by atoms with E-state index < -0.39 is 0 Å². The number of hydrogen-bond donors (Lipinski definition) is 0. The van der Waals surface area contributed by atoms with Gasteiger partial charge < -0.3 is 9.30 Å². The van der Waals surface area contributed by atoms with Crippen LogP contribution in [0.5, 0.6) is 0 Å². The lowest BCUT2D eigenvalue weighted by molar-refractivity contribution is 0.105. The molecule has 1 rings (SSSR count). The number of imidazole rings is 1. The highest BCUT2D eigenvalue weighted by molar-refractivity contribution is 6.16. The molecule has 4 heteroatoms. The van der Waals surface area contributed by atoms with Gasteiger partial charge in [0.2, 0.25) is 0 Å². The summed E-state index contributed by atoms with van der Waals surface area (Å²) in [6, 6.07) is 0. The highest BCUT2D eigenvalue weighted by Gasteiger charge is 2.00. The molecule has 0 N–H and O–H groups in total. The summed E-state index contributed by atoms with van der Waals surface area (Å²) in [6.07, 6.45) is 4.63. The minimum absolute atomic E-state index is 0.521. The predicted octanol–water partition coefficient (Wildman–Crippen LogP) is 2.68. The van der Waals surface area contributed by atoms with Crippen LogP contribution < -0.4 is 0 Å². The SMILES string of the molecule is CC(C)COCCCn1cncc1CCl. The molecular weight excluding hydrogens is 212 g/mol. The lowest BCUT2D eigenvalue weighted by Crippen LogP contribution is -2.07. The molecule has 1 heterocycles. The molecule has 0 spiro atoms. The Labute approximate surface area is 96.4 Å². The second-order valence-corrected chi connectivity index (χ2v) is 4.30. The second kappa shape index (κ2) is 6.85. The van der Waals surface area contributed by atoms with Crippen molar-refractivity contribution in [3.8, 4) is 0 Å². The summed E-state index contributed by atoms with van der Waals surface area (Å²) in [5.41, 5.74) is 1.07. The van der Waals surface area contributed by atoms with Crippen molar-refractivity contribution in [3.63, 3.8) is 0 Å². The Balaban J connectivity index is 2.15. The number of ether oxygens (including phenoxy) is 1. The molecule has 0 aromatic carbocycles. The highest BCUT2D eigenvalue weighted by atomic mass is 35.5. The molecule has 0 radical (unpaired) electrons. The van der Waals surface area contributed by atoms with E-state index in [4.69, 9.17) is 16.3 Å². The molecule has 0 saturated carbocycles. The van der Waals surface area contributed by atoms with Crippen molar-refractivity contribution in [3.05, 3.63) is 18.2 Å². The maximum absolute atomic E-state index is 5.76. The van der Waals surface area contributed by atoms with E-state index in [-0.39, 0.29) is 0 Å². The number of halogens is 1. The fourth-order valence-electron chi connectivity index (χ4n) is 1.32. The van der Waals surface area contributed by atoms with Gasteiger partial charge in [-0.05, 0) is 12.3 Å². The lowest BCUT2D eigenvalue weighted by atomic mass is 10.2. The van der Waals surface area contributed by atoms with Gasteiger partial charge in [0.25, 0.3) is 0 Å². The maximum Gasteiger partial charge on any atom is 0.0948 e. The van der Waals surface area contributed by atoms with Crippen LogP contribution in [0.15, 0.2) is 12.5 Å². The first-order valence-electron chi connectivity index (χ1n) is 5.36. The molecule has 86 valence electrons. The average molecular weight is 231 g/mol. The molecule has 0 amide bonds. The monoisotopic (exact) mass is 230 g/mol. The van der Waals surface area contributed by atoms with Crippen molar-refractivity contribution in [2.45, 2.75) is 32.7 Å². The van der Waals surface area contributed by atoms with Crippen molar-refractivity contribution < 1.29 is 4.74 Å². The van der Waals surface area contributed by atoms with Crippen LogP contribution in [0.2, 0.25) is 0 Å². The van der Waals surface area contributed by atoms with E-state index >= 15 is 0 Å². The van der Waals surface area contributed by atoms with Crippen molar-refractivity contribution in [1.82, 2.24) is 9.55 Å². The first kappa shape index (κ1) is 12.5. The molecular formula is C11H19ClN2O. The maximum atomic E-state index is 5.76. The van der Waals surface area contributed by atoms with Crippen molar-refractivity contribution in [1.29, 1.82) is 0 Å². The van der Waals surface area contributed by atoms with E-state index in [9.17, 15) is 0 Å². The Hall–Kier alpha value is -0.540. The normalized spacial score (nSPS) is 11.2. The molecule has 0 atom stereocenters. The second-order valence-electron chi connectivity index (χ2n) is 4.03. The summed E-state index contributed by atoms with van der Waals surface area (Å²) in [4.78, 5) is 4.06. The number of nitrogens with zero attached hydrogens (tertiary/aromatic N) is 2. The molecule has 1 aromatic rings. The van der Waals surface area contributed by atoms with Crippen LogP contribution in [-0.4, -0.2) is 22.8 Å². The zero-order chi connectivity index (χ0) is 11.1. The van der Waals surface area contributed by atoms with Crippen LogP contribution in [0.25, 0.3) is 0 Å². The Kier molecular flexibility index (Phi) is 5.73. The Bertz CT molecular complexity index is 273. The third-order valence-corrected chi connectivity index (χ3v) is 2.35. The van der Waals surface area contributed by atoms with Crippen LogP contribution in [0.3, 0.4) is 0 Å². The van der Waals surface area contributed by atoms with Crippen LogP contribution in [0, 0.1) is 5.92 Å². The molecule has 0 saturated heterocycles. The van der Waals surface area contributed by atoms with Crippen LogP contribution in [0.4, 0.5) is 0 Å². The molecule has 0 aliphatic heterocycles. The molecule has 0 fully saturated rings. The number of aromatic nitrogens is 2. The molecule has 0 aliphatic rings. The van der Waals surface area contributed by atoms with E-state index in [1.807, 2.05) is 12.5 Å². The zero-order valence-electron chi connectivity index (χ0n) is 9.45. The van der Waals surface area contributed by atoms with Gasteiger partial charge in [0.1, 0.15) is 0 Å². The number of hydrogen-bond acceptors (Lipinski definition) is 2. The lowest BCUT2D eigenvalue weighted by Gasteiger charge is -2.08. The Morgan fingerprint density at radius 2 is 2.33 bits per heavy atom. The molecule has 1 aromatic heterocycles. The molecule has 15 heavy (non-hydrogen) atoms. The van der Waals surface area contributed by atoms with Gasteiger partial charge in [0.15, 0.2) is 0 Å². The zero-order valence-corrected chi connectivity index (χ0v) is 10.2. The van der Waals surface area contributed by atoms with E-state index in [0.29, 0.717) is 11.8 Å². The van der Waals surface area contributed by atoms with Gasteiger partial charge in [-0.15, -0.1) is 11.6 Å². The van der Waals surface area contributed by atoms with Gasteiger partial charge >= 0.3 is 0 Å². The van der Waals surface area contributed by atoms with E-state index in [1.54, 1.807) is 0 Å². The summed E-state index contributed by atoms with van der Waals surface area (Å²) >= 11 is 5.76. The van der Waals surface area contributed by atoms with Crippen LogP contribution in [-0.2, 0) is 17.2 Å². The smallest absolute Gasteiger partial charge is 0.0948 e. The minimum atomic E-state index is 0.521. The Morgan fingerprint density at radius 1 is 1.53 bits per heavy atom. The summed E-state index contributed by atoms with van der Waals surface area (Å²) in [7, 11) is 0. The third-order valence-electron chi connectivity index (χ3n) is 2.07. The fourth-order valence-corrected chi connectivity index (χ4v) is 1.54. The summed E-state index contributed by atoms with van der Waals surface area (Å²) < 4.78 is 7.58. The van der Waals surface area contributed by atoms with Crippen LogP contribution in [0.1, 0.15) is 26.0 Å². The quantitative estimate of drug-likeness (QED) is 0.532. The molecule has 0 unspecified atom stereocenters. The number of alkyl halides is 1. The van der Waals surface area contributed by atoms with E-state index in [0.717, 1.165) is 31.9 Å². The number of rotatable bonds is 7. The standard InChI is InChI=1S/C11H19ClN2O/c1-10(2)8-15-5-3-4-14-9-13-7-11(14)6-12/h7,9-10H,3-6,8H2,1-2H3. The molecule has 0 bridgehead atoms. The van der Waals surface area contributed by atoms with Crippen LogP contribution >= 0.6 is 11.6 Å². The summed E-state index contributed by atoms with van der Waals surface area (Å²) in [5, 5.41) is 0. The average Bonchev–Trinajstić information content (AvgIpc) is 2.64. The molecule has 3 nitrogen and oxygen atoms in total. The number of aryl methyl sites for hydroxylation is 1. The third kappa shape index (κ3) is 4.67. The van der Waals surface area contributed by atoms with Gasteiger partial charge in [0, 0.05) is 26.0 Å². The van der Waals surface area contributed by atoms with Crippen molar-refractivity contribution in [2.75, 3.05) is 13.2 Å². The minimum Gasteiger partial charge on any atom is -0.381 e. The van der Waals surface area contributed by atoms with Gasteiger partial charge in [0.05, 0.1) is 17.9 Å². The first-order chi connectivity index (χ1) is 7.24. The van der Waals surface area contributed by atoms with E-state index in [1.165, 1.54) is 0 Å². The summed E-state index contributed by atoms with van der Waals surface area (Å²) in [6.45, 7) is 6.88. The highest BCUT2D eigenvalue weighted by Crippen LogP contribution is 2.04. The summed E-state index contributed by atoms with van der Waals surface area (Å²) in [5.74, 6) is 1.13. The van der Waals surface area contributed by atoms with Crippen molar-refractivity contribution >= 4 is 11.6 Å². The first-order valence-corrected chi connectivity index (χ1v) is 5.90.